The van der Waals surface area contributed by atoms with Crippen molar-refractivity contribution < 1.29 is 48.6 Å². The molecule has 8 rings (SSSR count). The number of aliphatic hydroxyl groups is 3. The van der Waals surface area contributed by atoms with Crippen molar-refractivity contribution in [3.63, 3.8) is 0 Å². The Morgan fingerprint density at radius 3 is 2.20 bits per heavy atom. The zero-order valence-electron chi connectivity index (χ0n) is 31.0. The third-order valence-corrected chi connectivity index (χ3v) is 16.9. The number of rotatable bonds is 4. The van der Waals surface area contributed by atoms with Crippen LogP contribution in [0.4, 0.5) is 0 Å². The molecule has 3 spiro atoms. The highest BCUT2D eigenvalue weighted by atomic mass is 16.8. The first-order valence-electron chi connectivity index (χ1n) is 19.1. The highest BCUT2D eigenvalue weighted by molar-refractivity contribution is 5.66. The van der Waals surface area contributed by atoms with Crippen LogP contribution in [0.1, 0.15) is 114 Å². The summed E-state index contributed by atoms with van der Waals surface area (Å²) in [4.78, 5) is 23.7. The van der Waals surface area contributed by atoms with Crippen molar-refractivity contribution in [3.05, 3.63) is 0 Å². The molecule has 8 fully saturated rings. The third-order valence-electron chi connectivity index (χ3n) is 16.9. The van der Waals surface area contributed by atoms with E-state index >= 15 is 0 Å². The zero-order valence-corrected chi connectivity index (χ0v) is 31.0. The Hall–Kier alpha value is -1.30. The Morgan fingerprint density at radius 2 is 1.53 bits per heavy atom. The lowest BCUT2D eigenvalue weighted by molar-refractivity contribution is -0.283. The van der Waals surface area contributed by atoms with Crippen LogP contribution >= 0.6 is 0 Å². The van der Waals surface area contributed by atoms with Gasteiger partial charge in [0.25, 0.3) is 0 Å². The Morgan fingerprint density at radius 1 is 0.857 bits per heavy atom. The summed E-state index contributed by atoms with van der Waals surface area (Å²) in [5.41, 5.74) is -1.36. The molecule has 5 aliphatic carbocycles. The van der Waals surface area contributed by atoms with Crippen molar-refractivity contribution in [2.45, 2.75) is 168 Å². The largest absolute Gasteiger partial charge is 0.457 e. The first-order chi connectivity index (χ1) is 22.7. The number of hydrogen-bond donors (Lipinski definition) is 3. The fourth-order valence-corrected chi connectivity index (χ4v) is 15.2. The van der Waals surface area contributed by atoms with Gasteiger partial charge < -0.3 is 39.0 Å². The van der Waals surface area contributed by atoms with Gasteiger partial charge in [0.2, 0.25) is 0 Å². The molecule has 0 aromatic carbocycles. The second-order valence-corrected chi connectivity index (χ2v) is 19.5. The molecule has 2 bridgehead atoms. The molecule has 0 aromatic heterocycles. The number of esters is 2. The summed E-state index contributed by atoms with van der Waals surface area (Å²) in [6.07, 6.45) is 2.88. The normalized spacial score (nSPS) is 56.7. The zero-order chi connectivity index (χ0) is 35.5. The average Bonchev–Trinajstić information content (AvgIpc) is 3.51. The lowest BCUT2D eigenvalue weighted by Gasteiger charge is -2.64. The van der Waals surface area contributed by atoms with Gasteiger partial charge in [-0.3, -0.25) is 9.59 Å². The van der Waals surface area contributed by atoms with E-state index in [9.17, 15) is 24.9 Å². The highest BCUT2D eigenvalue weighted by Crippen LogP contribution is 2.90. The summed E-state index contributed by atoms with van der Waals surface area (Å²) in [6.45, 7) is 18.4. The van der Waals surface area contributed by atoms with E-state index in [0.29, 0.717) is 11.8 Å². The molecule has 0 radical (unpaired) electrons. The Bertz CT molecular complexity index is 1410. The van der Waals surface area contributed by atoms with Crippen LogP contribution in [0.3, 0.4) is 0 Å². The molecule has 0 aromatic rings. The van der Waals surface area contributed by atoms with E-state index in [4.69, 9.17) is 23.7 Å². The summed E-state index contributed by atoms with van der Waals surface area (Å²) in [7, 11) is 0. The van der Waals surface area contributed by atoms with Crippen molar-refractivity contribution in [2.75, 3.05) is 6.61 Å². The maximum atomic E-state index is 12.9. The summed E-state index contributed by atoms with van der Waals surface area (Å²) >= 11 is 0. The van der Waals surface area contributed by atoms with E-state index in [2.05, 4.69) is 34.6 Å². The standard InChI is InChI=1S/C39H60O10/c1-19-16-23-31(34(6,7)47-21(3)41)49-39(48-23)30(19)35(8)14-15-38-18-37(38)13-12-22(29-28(43)27(42)24(17-45-29)46-20(2)40)33(4,5)25(37)10-11-26(38)36(35,9)32(39)44/h19,22-32,42-44H,10-18H2,1-9H3/t19-,22-,23-,24-,25+,26+,27+,28-,29+,30-,31+,32-,35-,36-,37-,38+,39+/m1/s1. The van der Waals surface area contributed by atoms with Crippen LogP contribution in [0.2, 0.25) is 0 Å². The second kappa shape index (κ2) is 10.4. The van der Waals surface area contributed by atoms with Crippen molar-refractivity contribution in [2.24, 2.45) is 56.7 Å². The molecule has 17 atom stereocenters. The molecule has 3 heterocycles. The SMILES string of the molecule is CC(=O)O[C@@H]1CO[C@@H]([C@H]2CC[C@]34C[C@]35CC[C@]3(C)[C@H]6[C@H](C)C[C@H]7O[C@@]6(O[C@@H]7C(C)(C)OC(C)=O)[C@H](O)[C@@]3(C)[C@@H]5CC[C@H]4C2(C)C)[C@H](O)[C@H]1O. The number of ether oxygens (including phenoxy) is 5. The maximum absolute atomic E-state index is 12.9. The first kappa shape index (κ1) is 34.8. The Kier molecular flexibility index (Phi) is 7.40. The molecule has 0 unspecified atom stereocenters. The highest BCUT2D eigenvalue weighted by Gasteiger charge is 2.88. The fourth-order valence-electron chi connectivity index (χ4n) is 15.2. The van der Waals surface area contributed by atoms with E-state index in [1.54, 1.807) is 0 Å². The van der Waals surface area contributed by atoms with Gasteiger partial charge in [0, 0.05) is 25.2 Å². The molecule has 8 aliphatic rings. The van der Waals surface area contributed by atoms with Gasteiger partial charge in [-0.25, -0.2) is 0 Å². The van der Waals surface area contributed by atoms with Gasteiger partial charge in [-0.15, -0.1) is 0 Å². The lowest BCUT2D eigenvalue weighted by atomic mass is 9.40. The third kappa shape index (κ3) is 4.11. The van der Waals surface area contributed by atoms with Crippen molar-refractivity contribution in [1.29, 1.82) is 0 Å². The van der Waals surface area contributed by atoms with Crippen molar-refractivity contribution >= 4 is 11.9 Å². The Labute approximate surface area is 291 Å². The molecular weight excluding hydrogens is 628 g/mol. The minimum atomic E-state index is -1.18. The first-order valence-corrected chi connectivity index (χ1v) is 19.1. The number of carbonyl (C=O) groups excluding carboxylic acids is 2. The molecule has 5 saturated carbocycles. The van der Waals surface area contributed by atoms with Crippen LogP contribution < -0.4 is 0 Å². The number of aliphatic hydroxyl groups excluding tert-OH is 3. The average molecular weight is 689 g/mol. The molecule has 3 aliphatic heterocycles. The van der Waals surface area contributed by atoms with Gasteiger partial charge >= 0.3 is 11.9 Å². The quantitative estimate of drug-likeness (QED) is 0.361. The minimum Gasteiger partial charge on any atom is -0.457 e. The molecule has 10 nitrogen and oxygen atoms in total. The monoisotopic (exact) mass is 688 g/mol. The predicted octanol–water partition coefficient (Wildman–Crippen LogP) is 4.54. The van der Waals surface area contributed by atoms with Crippen LogP contribution in [0.25, 0.3) is 0 Å². The van der Waals surface area contributed by atoms with Crippen molar-refractivity contribution in [1.82, 2.24) is 0 Å². The molecule has 3 saturated heterocycles. The Balaban J connectivity index is 1.09. The topological polar surface area (TPSA) is 141 Å². The predicted molar refractivity (Wildman–Crippen MR) is 177 cm³/mol. The summed E-state index contributed by atoms with van der Waals surface area (Å²) in [6, 6.07) is 0. The van der Waals surface area contributed by atoms with Gasteiger partial charge in [0.05, 0.1) is 18.8 Å². The van der Waals surface area contributed by atoms with E-state index in [-0.39, 0.29) is 58.1 Å². The molecule has 276 valence electrons. The summed E-state index contributed by atoms with van der Waals surface area (Å²) in [5.74, 6) is -0.867. The van der Waals surface area contributed by atoms with Crippen LogP contribution in [0.15, 0.2) is 0 Å². The van der Waals surface area contributed by atoms with Gasteiger partial charge in [-0.1, -0.05) is 34.6 Å². The van der Waals surface area contributed by atoms with E-state index in [1.165, 1.54) is 13.8 Å². The van der Waals surface area contributed by atoms with Gasteiger partial charge in [0.1, 0.15) is 30.0 Å². The molecule has 3 N–H and O–H groups in total. The molecule has 49 heavy (non-hydrogen) atoms. The lowest BCUT2D eigenvalue weighted by Crippen LogP contribution is -2.62. The number of hydrogen-bond acceptors (Lipinski definition) is 10. The summed E-state index contributed by atoms with van der Waals surface area (Å²) < 4.78 is 31.3. The van der Waals surface area contributed by atoms with Gasteiger partial charge in [0.15, 0.2) is 11.9 Å². The molecular formula is C39H60O10. The second-order valence-electron chi connectivity index (χ2n) is 19.5. The van der Waals surface area contributed by atoms with Crippen LogP contribution in [-0.4, -0.2) is 88.0 Å². The van der Waals surface area contributed by atoms with Crippen molar-refractivity contribution in [3.8, 4) is 0 Å². The fraction of sp³-hybridized carbons (Fsp3) is 0.949. The maximum Gasteiger partial charge on any atom is 0.303 e. The van der Waals surface area contributed by atoms with E-state index in [0.717, 1.165) is 51.4 Å². The van der Waals surface area contributed by atoms with Gasteiger partial charge in [-0.2, -0.15) is 0 Å². The van der Waals surface area contributed by atoms with Crippen LogP contribution in [0, 0.1) is 56.7 Å². The minimum absolute atomic E-state index is 0.0264. The smallest absolute Gasteiger partial charge is 0.303 e. The molecule has 0 amide bonds. The number of fused-ring (bicyclic) bond motifs is 4. The van der Waals surface area contributed by atoms with Crippen LogP contribution in [0.5, 0.6) is 0 Å². The van der Waals surface area contributed by atoms with E-state index < -0.39 is 59.4 Å². The molecule has 10 heteroatoms. The van der Waals surface area contributed by atoms with Crippen LogP contribution in [-0.2, 0) is 33.3 Å². The number of carbonyl (C=O) groups is 2. The summed E-state index contributed by atoms with van der Waals surface area (Å²) in [5, 5.41) is 35.1. The van der Waals surface area contributed by atoms with E-state index in [1.807, 2.05) is 13.8 Å². The van der Waals surface area contributed by atoms with Gasteiger partial charge in [-0.05, 0) is 111 Å².